The van der Waals surface area contributed by atoms with Gasteiger partial charge in [-0.3, -0.25) is 19.3 Å². The lowest BCUT2D eigenvalue weighted by Gasteiger charge is -2.50. The molecule has 1 unspecified atom stereocenters. The molecule has 8 nitrogen and oxygen atoms in total. The summed E-state index contributed by atoms with van der Waals surface area (Å²) in [6.45, 7) is 8.19. The fourth-order valence-electron chi connectivity index (χ4n) is 4.81. The van der Waals surface area contributed by atoms with Gasteiger partial charge in [0.05, 0.1) is 5.92 Å². The van der Waals surface area contributed by atoms with E-state index in [1.54, 1.807) is 4.90 Å². The maximum absolute atomic E-state index is 13.1. The summed E-state index contributed by atoms with van der Waals surface area (Å²) in [6, 6.07) is 10.3. The number of benzene rings is 1. The molecule has 0 radical (unpaired) electrons. The Morgan fingerprint density at radius 2 is 1.94 bits per heavy atom. The summed E-state index contributed by atoms with van der Waals surface area (Å²) >= 11 is 0. The summed E-state index contributed by atoms with van der Waals surface area (Å²) in [6.07, 6.45) is 0.654. The van der Waals surface area contributed by atoms with Gasteiger partial charge in [0.1, 0.15) is 5.71 Å². The van der Waals surface area contributed by atoms with Gasteiger partial charge in [0.15, 0.2) is 0 Å². The summed E-state index contributed by atoms with van der Waals surface area (Å²) in [4.78, 5) is 41.3. The first-order chi connectivity index (χ1) is 14.9. The molecule has 1 aromatic rings. The van der Waals surface area contributed by atoms with Gasteiger partial charge in [0, 0.05) is 57.5 Å². The molecule has 4 rings (SSSR count). The molecule has 0 saturated carbocycles. The number of nitrogens with zero attached hydrogens (tertiary/aromatic N) is 3. The molecule has 3 aliphatic rings. The van der Waals surface area contributed by atoms with Crippen molar-refractivity contribution in [3.8, 4) is 0 Å². The van der Waals surface area contributed by atoms with E-state index in [1.165, 1.54) is 5.56 Å². The zero-order chi connectivity index (χ0) is 22.0. The SMILES string of the molecule is CC(C)CNC(=O)C1CN(Cc2ccccc2)CC12CN(C(=O)C1=NNC(=O)CC1)C2. The molecule has 2 saturated heterocycles. The molecule has 3 amide bonds. The zero-order valence-electron chi connectivity index (χ0n) is 18.3. The molecule has 1 spiro atoms. The summed E-state index contributed by atoms with van der Waals surface area (Å²) in [5, 5.41) is 7.04. The third-order valence-electron chi connectivity index (χ3n) is 6.42. The largest absolute Gasteiger partial charge is 0.356 e. The monoisotopic (exact) mass is 425 g/mol. The highest BCUT2D eigenvalue weighted by Crippen LogP contribution is 2.44. The Bertz CT molecular complexity index is 876. The van der Waals surface area contributed by atoms with E-state index in [-0.39, 0.29) is 35.5 Å². The van der Waals surface area contributed by atoms with Crippen LogP contribution in [0.4, 0.5) is 0 Å². The summed E-state index contributed by atoms with van der Waals surface area (Å²) in [7, 11) is 0. The molecule has 1 atom stereocenters. The fourth-order valence-corrected chi connectivity index (χ4v) is 4.81. The summed E-state index contributed by atoms with van der Waals surface area (Å²) in [5.41, 5.74) is 3.78. The second-order valence-electron chi connectivity index (χ2n) is 9.46. The molecule has 3 aliphatic heterocycles. The Balaban J connectivity index is 1.45. The van der Waals surface area contributed by atoms with Gasteiger partial charge in [-0.05, 0) is 11.5 Å². The van der Waals surface area contributed by atoms with Crippen molar-refractivity contribution < 1.29 is 14.4 Å². The van der Waals surface area contributed by atoms with Crippen LogP contribution < -0.4 is 10.7 Å². The maximum Gasteiger partial charge on any atom is 0.270 e. The second-order valence-corrected chi connectivity index (χ2v) is 9.46. The highest BCUT2D eigenvalue weighted by Gasteiger charge is 2.58. The van der Waals surface area contributed by atoms with E-state index in [4.69, 9.17) is 0 Å². The summed E-state index contributed by atoms with van der Waals surface area (Å²) < 4.78 is 0. The number of rotatable bonds is 6. The molecular weight excluding hydrogens is 394 g/mol. The van der Waals surface area contributed by atoms with Crippen LogP contribution in [0.3, 0.4) is 0 Å². The van der Waals surface area contributed by atoms with Crippen molar-refractivity contribution in [1.82, 2.24) is 20.5 Å². The highest BCUT2D eigenvalue weighted by molar-refractivity contribution is 6.39. The lowest BCUT2D eigenvalue weighted by atomic mass is 9.71. The van der Waals surface area contributed by atoms with E-state index in [9.17, 15) is 14.4 Å². The molecule has 0 aliphatic carbocycles. The average Bonchev–Trinajstić information content (AvgIpc) is 3.11. The lowest BCUT2D eigenvalue weighted by Crippen LogP contribution is -2.65. The first kappa shape index (κ1) is 21.5. The highest BCUT2D eigenvalue weighted by atomic mass is 16.2. The molecule has 3 heterocycles. The minimum Gasteiger partial charge on any atom is -0.356 e. The van der Waals surface area contributed by atoms with Crippen molar-refractivity contribution in [1.29, 1.82) is 0 Å². The topological polar surface area (TPSA) is 94.1 Å². The normalized spacial score (nSPS) is 22.8. The molecule has 2 N–H and O–H groups in total. The van der Waals surface area contributed by atoms with Gasteiger partial charge < -0.3 is 10.2 Å². The van der Waals surface area contributed by atoms with Crippen molar-refractivity contribution in [3.05, 3.63) is 35.9 Å². The van der Waals surface area contributed by atoms with E-state index in [0.717, 1.165) is 13.1 Å². The Morgan fingerprint density at radius 1 is 1.19 bits per heavy atom. The zero-order valence-corrected chi connectivity index (χ0v) is 18.3. The Morgan fingerprint density at radius 3 is 2.58 bits per heavy atom. The van der Waals surface area contributed by atoms with Gasteiger partial charge in [-0.2, -0.15) is 5.10 Å². The molecule has 166 valence electrons. The van der Waals surface area contributed by atoms with Gasteiger partial charge >= 0.3 is 0 Å². The number of likely N-dealkylation sites (tertiary alicyclic amines) is 2. The maximum atomic E-state index is 13.1. The summed E-state index contributed by atoms with van der Waals surface area (Å²) in [5.74, 6) is 0.0330. The van der Waals surface area contributed by atoms with E-state index in [1.807, 2.05) is 18.2 Å². The molecule has 1 aromatic carbocycles. The number of amides is 3. The molecular formula is C23H31N5O3. The molecule has 2 fully saturated rings. The van der Waals surface area contributed by atoms with Crippen LogP contribution in [0.1, 0.15) is 32.3 Å². The standard InChI is InChI=1S/C23H31N5O3/c1-16(2)10-24-21(30)18-12-27(11-17-6-4-3-5-7-17)13-23(18)14-28(15-23)22(31)19-8-9-20(29)26-25-19/h3-7,16,18H,8-15H2,1-2H3,(H,24,30)(H,26,29). The predicted octanol–water partition coefficient (Wildman–Crippen LogP) is 0.985. The number of carbonyl (C=O) groups is 3. The molecule has 8 heteroatoms. The Labute approximate surface area is 183 Å². The number of hydrogen-bond donors (Lipinski definition) is 2. The van der Waals surface area contributed by atoms with Gasteiger partial charge in [-0.1, -0.05) is 44.2 Å². The van der Waals surface area contributed by atoms with Crippen LogP contribution in [-0.4, -0.2) is 66.0 Å². The smallest absolute Gasteiger partial charge is 0.270 e. The van der Waals surface area contributed by atoms with Crippen LogP contribution in [0.5, 0.6) is 0 Å². The van der Waals surface area contributed by atoms with Crippen molar-refractivity contribution in [2.75, 3.05) is 32.7 Å². The van der Waals surface area contributed by atoms with Gasteiger partial charge in [0.2, 0.25) is 11.8 Å². The lowest BCUT2D eigenvalue weighted by molar-refractivity contribution is -0.144. The van der Waals surface area contributed by atoms with Gasteiger partial charge in [-0.15, -0.1) is 0 Å². The van der Waals surface area contributed by atoms with Crippen molar-refractivity contribution in [2.45, 2.75) is 33.2 Å². The predicted molar refractivity (Wildman–Crippen MR) is 117 cm³/mol. The third kappa shape index (κ3) is 4.63. The Kier molecular flexibility index (Phi) is 6.09. The van der Waals surface area contributed by atoms with Crippen LogP contribution in [0, 0.1) is 17.3 Å². The van der Waals surface area contributed by atoms with Gasteiger partial charge in [0.25, 0.3) is 5.91 Å². The number of hydrazone groups is 1. The van der Waals surface area contributed by atoms with E-state index in [2.05, 4.69) is 46.7 Å². The molecule has 0 aromatic heterocycles. The Hall–Kier alpha value is -2.74. The van der Waals surface area contributed by atoms with Crippen LogP contribution >= 0.6 is 0 Å². The minimum absolute atomic E-state index is 0.0821. The molecule has 0 bridgehead atoms. The van der Waals surface area contributed by atoms with Crippen LogP contribution in [0.2, 0.25) is 0 Å². The number of carbonyl (C=O) groups excluding carboxylic acids is 3. The van der Waals surface area contributed by atoms with Gasteiger partial charge in [-0.25, -0.2) is 5.43 Å². The van der Waals surface area contributed by atoms with Crippen LogP contribution in [0.15, 0.2) is 35.4 Å². The van der Waals surface area contributed by atoms with Crippen LogP contribution in [-0.2, 0) is 20.9 Å². The first-order valence-electron chi connectivity index (χ1n) is 11.0. The second kappa shape index (κ2) is 8.78. The average molecular weight is 426 g/mol. The van der Waals surface area contributed by atoms with Crippen LogP contribution in [0.25, 0.3) is 0 Å². The van der Waals surface area contributed by atoms with E-state index >= 15 is 0 Å². The fraction of sp³-hybridized carbons (Fsp3) is 0.565. The quantitative estimate of drug-likeness (QED) is 0.711. The minimum atomic E-state index is -0.232. The molecule has 31 heavy (non-hydrogen) atoms. The van der Waals surface area contributed by atoms with E-state index < -0.39 is 0 Å². The van der Waals surface area contributed by atoms with Crippen molar-refractivity contribution >= 4 is 23.4 Å². The number of hydrogen-bond acceptors (Lipinski definition) is 5. The van der Waals surface area contributed by atoms with Crippen molar-refractivity contribution in [3.63, 3.8) is 0 Å². The van der Waals surface area contributed by atoms with E-state index in [0.29, 0.717) is 44.2 Å². The first-order valence-corrected chi connectivity index (χ1v) is 11.0. The van der Waals surface area contributed by atoms with Crippen molar-refractivity contribution in [2.24, 2.45) is 22.4 Å². The third-order valence-corrected chi connectivity index (χ3v) is 6.42. The number of nitrogens with one attached hydrogen (secondary N) is 2.